The summed E-state index contributed by atoms with van der Waals surface area (Å²) in [6.07, 6.45) is 0. The highest BCUT2D eigenvalue weighted by Gasteiger charge is 2.33. The molecule has 20 heavy (non-hydrogen) atoms. The quantitative estimate of drug-likeness (QED) is 0.830. The highest BCUT2D eigenvalue weighted by atomic mass is 32.2. The molecule has 0 spiro atoms. The summed E-state index contributed by atoms with van der Waals surface area (Å²) < 4.78 is 37.2. The summed E-state index contributed by atoms with van der Waals surface area (Å²) in [7, 11) is -0.680. The van der Waals surface area contributed by atoms with Gasteiger partial charge in [0.05, 0.1) is 14.2 Å². The molecule has 0 fully saturated rings. The molecule has 6 nitrogen and oxygen atoms in total. The molecule has 0 amide bonds. The standard InChI is InChI=1S/C13H18N2O4S/c1-9-7-12(19-4)13(8-11(9)18-3)20(16,17)15-6-5-14-10(15)2/h7-8H,5-6H2,1-4H3/p+1. The predicted molar refractivity (Wildman–Crippen MR) is 75.3 cm³/mol. The molecule has 0 saturated carbocycles. The van der Waals surface area contributed by atoms with E-state index in [1.54, 1.807) is 13.0 Å². The van der Waals surface area contributed by atoms with Crippen LogP contribution in [0.25, 0.3) is 0 Å². The topological polar surface area (TPSA) is 67.6 Å². The molecule has 0 bridgehead atoms. The van der Waals surface area contributed by atoms with E-state index < -0.39 is 10.0 Å². The van der Waals surface area contributed by atoms with Crippen molar-refractivity contribution in [1.29, 1.82) is 0 Å². The van der Waals surface area contributed by atoms with Crippen molar-refractivity contribution in [2.45, 2.75) is 18.7 Å². The molecular weight excluding hydrogens is 280 g/mol. The van der Waals surface area contributed by atoms with E-state index in [0.717, 1.165) is 5.56 Å². The third kappa shape index (κ3) is 2.33. The van der Waals surface area contributed by atoms with Gasteiger partial charge in [0, 0.05) is 13.0 Å². The predicted octanol–water partition coefficient (Wildman–Crippen LogP) is 0.735. The first-order valence-corrected chi connectivity index (χ1v) is 7.68. The maximum atomic E-state index is 12.7. The molecular formula is C13H19N2O4S+. The molecule has 7 heteroatoms. The fourth-order valence-corrected chi connectivity index (χ4v) is 3.88. The second-order valence-electron chi connectivity index (χ2n) is 4.56. The van der Waals surface area contributed by atoms with Crippen molar-refractivity contribution in [1.82, 2.24) is 5.32 Å². The number of hydrogen-bond acceptors (Lipinski definition) is 5. The molecule has 1 N–H and O–H groups in total. The van der Waals surface area contributed by atoms with Gasteiger partial charge in [-0.3, -0.25) is 5.32 Å². The van der Waals surface area contributed by atoms with Gasteiger partial charge >= 0.3 is 10.0 Å². The van der Waals surface area contributed by atoms with Gasteiger partial charge in [-0.15, -0.1) is 3.98 Å². The number of amidine groups is 1. The van der Waals surface area contributed by atoms with Gasteiger partial charge in [-0.1, -0.05) is 0 Å². The van der Waals surface area contributed by atoms with Crippen molar-refractivity contribution in [3.05, 3.63) is 17.7 Å². The molecule has 110 valence electrons. The number of rotatable bonds is 4. The number of sulfonamides is 1. The lowest BCUT2D eigenvalue weighted by atomic mass is 10.2. The van der Waals surface area contributed by atoms with Crippen LogP contribution < -0.4 is 14.8 Å². The number of hydrogen-bond donors (Lipinski definition) is 1. The Morgan fingerprint density at radius 2 is 1.80 bits per heavy atom. The van der Waals surface area contributed by atoms with Crippen molar-refractivity contribution in [2.75, 3.05) is 27.3 Å². The van der Waals surface area contributed by atoms with E-state index in [9.17, 15) is 8.42 Å². The maximum Gasteiger partial charge on any atom is 0.334 e. The second kappa shape index (κ2) is 5.32. The van der Waals surface area contributed by atoms with Crippen molar-refractivity contribution >= 4 is 15.9 Å². The number of nitrogens with zero attached hydrogens (tertiary/aromatic N) is 1. The Bertz CT molecular complexity index is 665. The number of methoxy groups -OCH3 is 2. The lowest BCUT2D eigenvalue weighted by molar-refractivity contribution is -0.353. The zero-order valence-electron chi connectivity index (χ0n) is 12.1. The van der Waals surface area contributed by atoms with Crippen LogP contribution in [-0.2, 0) is 10.0 Å². The molecule has 0 aromatic heterocycles. The first-order valence-electron chi connectivity index (χ1n) is 6.24. The molecule has 1 aromatic carbocycles. The zero-order chi connectivity index (χ0) is 14.9. The Morgan fingerprint density at radius 1 is 1.15 bits per heavy atom. The zero-order valence-corrected chi connectivity index (χ0v) is 12.9. The summed E-state index contributed by atoms with van der Waals surface area (Å²) in [6.45, 7) is 4.60. The smallest absolute Gasteiger partial charge is 0.334 e. The molecule has 0 saturated heterocycles. The minimum atomic E-state index is -3.65. The maximum absolute atomic E-state index is 12.7. The summed E-state index contributed by atoms with van der Waals surface area (Å²) in [5, 5.41) is 3.01. The molecule has 1 aliphatic rings. The third-order valence-electron chi connectivity index (χ3n) is 3.32. The minimum absolute atomic E-state index is 0.116. The number of nitrogens with one attached hydrogen (secondary N) is 1. The van der Waals surface area contributed by atoms with Gasteiger partial charge in [0.1, 0.15) is 24.6 Å². The normalized spacial score (nSPS) is 15.2. The summed E-state index contributed by atoms with van der Waals surface area (Å²) in [5.74, 6) is 1.46. The SMILES string of the molecule is COc1cc(S(=O)(=O)[N+]2=C(C)NCC2)c(OC)cc1C. The Morgan fingerprint density at radius 3 is 2.30 bits per heavy atom. The van der Waals surface area contributed by atoms with Crippen molar-refractivity contribution in [3.63, 3.8) is 0 Å². The van der Waals surface area contributed by atoms with E-state index in [0.29, 0.717) is 30.4 Å². The minimum Gasteiger partial charge on any atom is -0.496 e. The Labute approximate surface area is 119 Å². The fraction of sp³-hybridized carbons (Fsp3) is 0.462. The molecule has 0 unspecified atom stereocenters. The number of benzene rings is 1. The van der Waals surface area contributed by atoms with Crippen LogP contribution in [0.5, 0.6) is 11.5 Å². The van der Waals surface area contributed by atoms with Crippen molar-refractivity contribution in [2.24, 2.45) is 0 Å². The van der Waals surface area contributed by atoms with Crippen LogP contribution in [0.4, 0.5) is 0 Å². The molecule has 1 heterocycles. The van der Waals surface area contributed by atoms with E-state index in [-0.39, 0.29) is 4.90 Å². The summed E-state index contributed by atoms with van der Waals surface area (Å²) in [4.78, 5) is 0.116. The van der Waals surface area contributed by atoms with E-state index in [1.165, 1.54) is 24.3 Å². The lowest BCUT2D eigenvalue weighted by Gasteiger charge is -2.13. The van der Waals surface area contributed by atoms with Crippen LogP contribution in [-0.4, -0.2) is 45.5 Å². The third-order valence-corrected chi connectivity index (χ3v) is 5.23. The molecule has 0 radical (unpaired) electrons. The van der Waals surface area contributed by atoms with Crippen LogP contribution in [0, 0.1) is 6.92 Å². The second-order valence-corrected chi connectivity index (χ2v) is 6.39. The highest BCUT2D eigenvalue weighted by Crippen LogP contribution is 2.32. The van der Waals surface area contributed by atoms with Crippen LogP contribution in [0.15, 0.2) is 17.0 Å². The number of ether oxygens (including phenoxy) is 2. The van der Waals surface area contributed by atoms with Gasteiger partial charge in [-0.25, -0.2) is 0 Å². The average molecular weight is 299 g/mol. The van der Waals surface area contributed by atoms with Crippen LogP contribution in [0.2, 0.25) is 0 Å². The Hall–Kier alpha value is -1.76. The van der Waals surface area contributed by atoms with E-state index in [2.05, 4.69) is 5.32 Å². The van der Waals surface area contributed by atoms with Gasteiger partial charge in [0.25, 0.3) is 5.84 Å². The van der Waals surface area contributed by atoms with Gasteiger partial charge in [0.15, 0.2) is 4.90 Å². The Balaban J connectivity index is 2.65. The summed E-state index contributed by atoms with van der Waals surface area (Å²) in [6, 6.07) is 3.18. The van der Waals surface area contributed by atoms with Gasteiger partial charge in [-0.05, 0) is 18.6 Å². The highest BCUT2D eigenvalue weighted by molar-refractivity contribution is 7.85. The van der Waals surface area contributed by atoms with Gasteiger partial charge in [-0.2, -0.15) is 8.42 Å². The molecule has 0 atom stereocenters. The van der Waals surface area contributed by atoms with Crippen molar-refractivity contribution in [3.8, 4) is 11.5 Å². The number of aryl methyl sites for hydroxylation is 1. The van der Waals surface area contributed by atoms with E-state index in [4.69, 9.17) is 9.47 Å². The first-order chi connectivity index (χ1) is 9.41. The van der Waals surface area contributed by atoms with Crippen LogP contribution in [0.1, 0.15) is 12.5 Å². The Kier molecular flexibility index (Phi) is 3.89. The van der Waals surface area contributed by atoms with Crippen LogP contribution >= 0.6 is 0 Å². The first kappa shape index (κ1) is 14.6. The molecule has 1 aromatic rings. The molecule has 2 rings (SSSR count). The fourth-order valence-electron chi connectivity index (χ4n) is 2.24. The van der Waals surface area contributed by atoms with Gasteiger partial charge < -0.3 is 9.47 Å². The van der Waals surface area contributed by atoms with E-state index in [1.807, 2.05) is 6.92 Å². The summed E-state index contributed by atoms with van der Waals surface area (Å²) in [5.41, 5.74) is 0.823. The largest absolute Gasteiger partial charge is 0.496 e. The average Bonchev–Trinajstić information content (AvgIpc) is 2.85. The van der Waals surface area contributed by atoms with Gasteiger partial charge in [0.2, 0.25) is 0 Å². The van der Waals surface area contributed by atoms with Crippen LogP contribution in [0.3, 0.4) is 0 Å². The lowest BCUT2D eigenvalue weighted by Crippen LogP contribution is -2.25. The molecule has 1 aliphatic heterocycles. The molecule has 0 aliphatic carbocycles. The van der Waals surface area contributed by atoms with Crippen molar-refractivity contribution < 1.29 is 21.9 Å². The summed E-state index contributed by atoms with van der Waals surface area (Å²) >= 11 is 0. The monoisotopic (exact) mass is 299 g/mol. The van der Waals surface area contributed by atoms with E-state index >= 15 is 0 Å².